The number of aromatic nitrogens is 1. The van der Waals surface area contributed by atoms with E-state index in [4.69, 9.17) is 14.5 Å². The van der Waals surface area contributed by atoms with Crippen LogP contribution in [-0.4, -0.2) is 77.3 Å². The molecule has 0 saturated carbocycles. The van der Waals surface area contributed by atoms with Crippen molar-refractivity contribution in [2.75, 3.05) is 20.3 Å². The van der Waals surface area contributed by atoms with Gasteiger partial charge in [0.05, 0.1) is 12.5 Å². The number of hydrogen-bond acceptors (Lipinski definition) is 8. The molecule has 0 spiro atoms. The number of nitrogens with one attached hydrogen (secondary N) is 2. The Morgan fingerprint density at radius 2 is 1.52 bits per heavy atom. The zero-order valence-corrected chi connectivity index (χ0v) is 36.7. The predicted octanol–water partition coefficient (Wildman–Crippen LogP) is 9.06. The first kappa shape index (κ1) is 45.7. The van der Waals surface area contributed by atoms with Gasteiger partial charge in [0.2, 0.25) is 5.91 Å². The van der Waals surface area contributed by atoms with E-state index in [-0.39, 0.29) is 55.0 Å². The number of rotatable bonds is 21. The second kappa shape index (κ2) is 21.3. The number of carboxylic acids is 1. The maximum absolute atomic E-state index is 14.4. The third-order valence-corrected chi connectivity index (χ3v) is 12.4. The number of aliphatic carboxylic acids is 1. The molecule has 1 aliphatic rings. The number of fused-ring (bicyclic) bond motifs is 3. The van der Waals surface area contributed by atoms with Gasteiger partial charge in [-0.1, -0.05) is 132 Å². The van der Waals surface area contributed by atoms with Gasteiger partial charge in [-0.25, -0.2) is 9.78 Å². The van der Waals surface area contributed by atoms with Gasteiger partial charge in [-0.3, -0.25) is 14.4 Å². The molecule has 0 radical (unpaired) electrons. The van der Waals surface area contributed by atoms with Crippen molar-refractivity contribution in [2.24, 2.45) is 17.8 Å². The number of carbonyl (C=O) groups is 4. The number of benzene rings is 3. The molecular weight excluding hydrogens is 777 g/mol. The van der Waals surface area contributed by atoms with Crippen LogP contribution in [0.3, 0.4) is 0 Å². The maximum Gasteiger partial charge on any atom is 0.407 e. The van der Waals surface area contributed by atoms with E-state index in [0.29, 0.717) is 24.3 Å². The highest BCUT2D eigenvalue weighted by Crippen LogP contribution is 2.44. The van der Waals surface area contributed by atoms with Gasteiger partial charge in [0.1, 0.15) is 29.5 Å². The standard InChI is InChI=1S/C48H60N4O7S/c1-9-31(6)43(51-48(57)59-27-39-37-21-15-13-19-35(37)36-20-14-16-22-38(36)39)46(54)52(8)41(30(4)5)25-42(58-26-29(2)3)45-50-40(28-60-45)44(53)49-34(23-32(7)47(55)56)24-33-17-11-10-12-18-33/h10-22,28,30-32,34,39,41-43H,2,9,23-27H2,1,3-8H3,(H,49,53)(H,51,57)(H,55,56)/t31-,32?,34?,41+,42+,43-/m0/s1. The molecular formula is C48H60N4O7S. The van der Waals surface area contributed by atoms with E-state index in [1.54, 1.807) is 24.3 Å². The van der Waals surface area contributed by atoms with Gasteiger partial charge < -0.3 is 30.1 Å². The molecule has 0 bridgehead atoms. The van der Waals surface area contributed by atoms with Crippen molar-refractivity contribution >= 4 is 35.2 Å². The minimum absolute atomic E-state index is 0.0142. The lowest BCUT2D eigenvalue weighted by Gasteiger charge is -2.37. The number of carbonyl (C=O) groups excluding carboxylic acids is 3. The molecule has 1 heterocycles. The summed E-state index contributed by atoms with van der Waals surface area (Å²) in [5.74, 6) is -2.55. The van der Waals surface area contributed by atoms with Crippen LogP contribution in [0.2, 0.25) is 0 Å². The fourth-order valence-electron chi connectivity index (χ4n) is 7.83. The van der Waals surface area contributed by atoms with E-state index in [2.05, 4.69) is 41.5 Å². The van der Waals surface area contributed by atoms with Crippen molar-refractivity contribution in [3.05, 3.63) is 124 Å². The summed E-state index contributed by atoms with van der Waals surface area (Å²) in [5.41, 5.74) is 6.47. The smallest absolute Gasteiger partial charge is 0.407 e. The number of alkyl carbamates (subject to hydrolysis) is 1. The molecule has 2 unspecified atom stereocenters. The second-order valence-electron chi connectivity index (χ2n) is 16.5. The Labute approximate surface area is 358 Å². The number of likely N-dealkylation sites (N-methyl/N-ethyl adjacent to an activating group) is 1. The number of ether oxygens (including phenoxy) is 2. The normalized spacial score (nSPS) is 15.1. The van der Waals surface area contributed by atoms with Crippen molar-refractivity contribution in [2.45, 2.75) is 97.4 Å². The van der Waals surface area contributed by atoms with E-state index < -0.39 is 42.1 Å². The number of nitrogens with zero attached hydrogens (tertiary/aromatic N) is 2. The van der Waals surface area contributed by atoms with Crippen LogP contribution in [0.25, 0.3) is 11.1 Å². The molecule has 3 aromatic carbocycles. The van der Waals surface area contributed by atoms with Crippen LogP contribution >= 0.6 is 11.3 Å². The Morgan fingerprint density at radius 3 is 2.10 bits per heavy atom. The maximum atomic E-state index is 14.4. The Balaban J connectivity index is 1.29. The molecule has 4 aromatic rings. The summed E-state index contributed by atoms with van der Waals surface area (Å²) in [6.45, 7) is 15.9. The molecule has 6 atom stereocenters. The van der Waals surface area contributed by atoms with Gasteiger partial charge in [0, 0.05) is 36.9 Å². The third kappa shape index (κ3) is 11.7. The van der Waals surface area contributed by atoms with Gasteiger partial charge in [-0.2, -0.15) is 0 Å². The zero-order valence-electron chi connectivity index (χ0n) is 35.9. The molecule has 0 saturated heterocycles. The molecule has 5 rings (SSSR count). The van der Waals surface area contributed by atoms with Gasteiger partial charge in [0.15, 0.2) is 0 Å². The van der Waals surface area contributed by atoms with Gasteiger partial charge in [0.25, 0.3) is 5.91 Å². The first-order valence-electron chi connectivity index (χ1n) is 20.8. The van der Waals surface area contributed by atoms with Crippen LogP contribution < -0.4 is 10.6 Å². The van der Waals surface area contributed by atoms with E-state index in [0.717, 1.165) is 33.4 Å². The van der Waals surface area contributed by atoms with E-state index >= 15 is 0 Å². The molecule has 1 aromatic heterocycles. The van der Waals surface area contributed by atoms with Crippen molar-refractivity contribution < 1.29 is 33.8 Å². The van der Waals surface area contributed by atoms with Crippen LogP contribution in [0.1, 0.15) is 105 Å². The Kier molecular flexibility index (Phi) is 16.2. The molecule has 3 amide bonds. The van der Waals surface area contributed by atoms with Crippen molar-refractivity contribution in [1.29, 1.82) is 0 Å². The number of carboxylic acid groups (broad SMARTS) is 1. The van der Waals surface area contributed by atoms with Crippen LogP contribution in [0.15, 0.2) is 96.4 Å². The molecule has 11 nitrogen and oxygen atoms in total. The first-order valence-corrected chi connectivity index (χ1v) is 21.7. The molecule has 1 aliphatic carbocycles. The monoisotopic (exact) mass is 836 g/mol. The predicted molar refractivity (Wildman–Crippen MR) is 236 cm³/mol. The minimum Gasteiger partial charge on any atom is -0.481 e. The topological polar surface area (TPSA) is 147 Å². The highest BCUT2D eigenvalue weighted by Gasteiger charge is 2.36. The Hall–Kier alpha value is -5.33. The van der Waals surface area contributed by atoms with E-state index in [1.165, 1.54) is 11.3 Å². The summed E-state index contributed by atoms with van der Waals surface area (Å²) < 4.78 is 12.2. The SMILES string of the molecule is C=C(C)CO[C@H](C[C@H](C(C)C)N(C)C(=O)[C@@H](NC(=O)OCC1c2ccccc2-c2ccccc21)[C@@H](C)CC)c1nc(C(=O)NC(Cc2ccccc2)CC(C)C(=O)O)cs1. The molecule has 60 heavy (non-hydrogen) atoms. The molecule has 0 aliphatic heterocycles. The van der Waals surface area contributed by atoms with Gasteiger partial charge >= 0.3 is 12.1 Å². The summed E-state index contributed by atoms with van der Waals surface area (Å²) in [6.07, 6.45) is 0.504. The first-order chi connectivity index (χ1) is 28.7. The number of hydrogen-bond donors (Lipinski definition) is 3. The molecule has 3 N–H and O–H groups in total. The van der Waals surface area contributed by atoms with Crippen LogP contribution in [0.5, 0.6) is 0 Å². The van der Waals surface area contributed by atoms with Gasteiger partial charge in [-0.05, 0) is 59.4 Å². The van der Waals surface area contributed by atoms with Crippen molar-refractivity contribution in [3.8, 4) is 11.1 Å². The van der Waals surface area contributed by atoms with Crippen molar-refractivity contribution in [1.82, 2.24) is 20.5 Å². The highest BCUT2D eigenvalue weighted by atomic mass is 32.1. The number of thiazole rings is 1. The highest BCUT2D eigenvalue weighted by molar-refractivity contribution is 7.09. The van der Waals surface area contributed by atoms with Crippen LogP contribution in [0.4, 0.5) is 4.79 Å². The lowest BCUT2D eigenvalue weighted by Crippen LogP contribution is -2.54. The van der Waals surface area contributed by atoms with Crippen molar-refractivity contribution in [3.63, 3.8) is 0 Å². The molecule has 12 heteroatoms. The summed E-state index contributed by atoms with van der Waals surface area (Å²) in [5, 5.41) is 17.8. The van der Waals surface area contributed by atoms with Crippen LogP contribution in [0, 0.1) is 17.8 Å². The van der Waals surface area contributed by atoms with Crippen LogP contribution in [-0.2, 0) is 25.5 Å². The quantitative estimate of drug-likeness (QED) is 0.0705. The number of amides is 3. The summed E-state index contributed by atoms with van der Waals surface area (Å²) in [4.78, 5) is 59.8. The second-order valence-corrected chi connectivity index (χ2v) is 17.4. The molecule has 320 valence electrons. The lowest BCUT2D eigenvalue weighted by molar-refractivity contribution is -0.141. The summed E-state index contributed by atoms with van der Waals surface area (Å²) >= 11 is 1.29. The fourth-order valence-corrected chi connectivity index (χ4v) is 8.69. The zero-order chi connectivity index (χ0) is 43.5. The van der Waals surface area contributed by atoms with E-state index in [1.807, 2.05) is 89.2 Å². The minimum atomic E-state index is -0.928. The fraction of sp³-hybridized carbons (Fsp3) is 0.438. The van der Waals surface area contributed by atoms with Gasteiger partial charge in [-0.15, -0.1) is 11.3 Å². The average Bonchev–Trinajstić information content (AvgIpc) is 3.85. The molecule has 0 fully saturated rings. The Morgan fingerprint density at radius 1 is 0.900 bits per heavy atom. The summed E-state index contributed by atoms with van der Waals surface area (Å²) in [7, 11) is 1.75. The summed E-state index contributed by atoms with van der Waals surface area (Å²) in [6, 6.07) is 24.3. The third-order valence-electron chi connectivity index (χ3n) is 11.4. The largest absolute Gasteiger partial charge is 0.481 e. The van der Waals surface area contributed by atoms with E-state index in [9.17, 15) is 24.3 Å². The Bertz CT molecular complexity index is 2060. The average molecular weight is 837 g/mol. The lowest BCUT2D eigenvalue weighted by atomic mass is 9.93.